The maximum Gasteiger partial charge on any atom is 0.332 e. The van der Waals surface area contributed by atoms with E-state index < -0.39 is 28.7 Å². The van der Waals surface area contributed by atoms with Crippen molar-refractivity contribution in [3.05, 3.63) is 0 Å². The first-order chi connectivity index (χ1) is 7.31. The summed E-state index contributed by atoms with van der Waals surface area (Å²) >= 11 is 0. The first-order valence-corrected chi connectivity index (χ1v) is 5.10. The number of hydrogen-bond donors (Lipinski definition) is 1. The summed E-state index contributed by atoms with van der Waals surface area (Å²) in [7, 11) is 0. The quantitative estimate of drug-likeness (QED) is 0.656. The molecule has 5 heteroatoms. The highest BCUT2D eigenvalue weighted by Crippen LogP contribution is 2.25. The Balaban J connectivity index is 5.37. The van der Waals surface area contributed by atoms with Crippen LogP contribution in [0.25, 0.3) is 0 Å². The second-order valence-electron chi connectivity index (χ2n) is 3.69. The Morgan fingerprint density at radius 2 is 1.50 bits per heavy atom. The summed E-state index contributed by atoms with van der Waals surface area (Å²) in [5.74, 6) is -4.34. The van der Waals surface area contributed by atoms with Crippen LogP contribution in [-0.2, 0) is 19.2 Å². The number of Topliss-reactive ketones (excluding diaryl/α,β-unsaturated/α-hetero) is 3. The van der Waals surface area contributed by atoms with Crippen molar-refractivity contribution in [2.75, 3.05) is 0 Å². The molecule has 0 unspecified atom stereocenters. The number of carbonyl (C=O) groups excluding carboxylic acids is 3. The van der Waals surface area contributed by atoms with Gasteiger partial charge in [-0.1, -0.05) is 13.3 Å². The Morgan fingerprint density at radius 3 is 1.75 bits per heavy atom. The number of carboxylic acid groups (broad SMARTS) is 1. The van der Waals surface area contributed by atoms with Crippen LogP contribution in [0.5, 0.6) is 0 Å². The van der Waals surface area contributed by atoms with E-state index >= 15 is 0 Å². The van der Waals surface area contributed by atoms with E-state index in [9.17, 15) is 19.2 Å². The van der Waals surface area contributed by atoms with E-state index in [1.165, 1.54) is 0 Å². The molecule has 90 valence electrons. The molecule has 0 aromatic rings. The van der Waals surface area contributed by atoms with Crippen LogP contribution in [-0.4, -0.2) is 28.4 Å². The van der Waals surface area contributed by atoms with E-state index in [0.717, 1.165) is 13.8 Å². The zero-order valence-corrected chi connectivity index (χ0v) is 9.70. The van der Waals surface area contributed by atoms with Crippen LogP contribution < -0.4 is 0 Å². The lowest BCUT2D eigenvalue weighted by molar-refractivity contribution is -0.162. The third kappa shape index (κ3) is 2.35. The van der Waals surface area contributed by atoms with Gasteiger partial charge < -0.3 is 5.11 Å². The van der Waals surface area contributed by atoms with Crippen molar-refractivity contribution in [3.8, 4) is 0 Å². The molecule has 0 radical (unpaired) electrons. The highest BCUT2D eigenvalue weighted by Gasteiger charge is 2.54. The molecule has 0 aliphatic rings. The number of carboxylic acids is 1. The van der Waals surface area contributed by atoms with Crippen LogP contribution in [0.4, 0.5) is 0 Å². The zero-order valence-electron chi connectivity index (χ0n) is 9.70. The monoisotopic (exact) mass is 228 g/mol. The smallest absolute Gasteiger partial charge is 0.332 e. The largest absolute Gasteiger partial charge is 0.480 e. The Morgan fingerprint density at radius 1 is 1.06 bits per heavy atom. The fraction of sp³-hybridized carbons (Fsp3) is 0.636. The van der Waals surface area contributed by atoms with E-state index in [-0.39, 0.29) is 6.42 Å². The number of ketones is 3. The van der Waals surface area contributed by atoms with Crippen LogP contribution in [0.3, 0.4) is 0 Å². The Bertz CT molecular complexity index is 293. The van der Waals surface area contributed by atoms with Crippen molar-refractivity contribution in [2.45, 2.75) is 40.0 Å². The molecule has 0 saturated carbocycles. The molecule has 0 aliphatic heterocycles. The molecule has 1 N–H and O–H groups in total. The molecular formula is C11H16O5. The molecule has 0 atom stereocenters. The third-order valence-corrected chi connectivity index (χ3v) is 2.55. The Labute approximate surface area is 93.8 Å². The molecule has 0 fully saturated rings. The number of aliphatic carboxylic acids is 1. The summed E-state index contributed by atoms with van der Waals surface area (Å²) in [6.07, 6.45) is 1.09. The van der Waals surface area contributed by atoms with Crippen LogP contribution in [0.2, 0.25) is 0 Å². The Hall–Kier alpha value is -1.52. The van der Waals surface area contributed by atoms with Crippen LogP contribution in [0.15, 0.2) is 0 Å². The van der Waals surface area contributed by atoms with Gasteiger partial charge in [0.2, 0.25) is 5.41 Å². The molecule has 0 aromatic heterocycles. The average molecular weight is 228 g/mol. The van der Waals surface area contributed by atoms with Crippen LogP contribution in [0.1, 0.15) is 40.0 Å². The predicted octanol–water partition coefficient (Wildman–Crippen LogP) is 0.995. The van der Waals surface area contributed by atoms with Crippen molar-refractivity contribution >= 4 is 23.3 Å². The van der Waals surface area contributed by atoms with Gasteiger partial charge in [0.15, 0.2) is 17.3 Å². The molecule has 0 amide bonds. The first-order valence-electron chi connectivity index (χ1n) is 5.10. The normalized spacial score (nSPS) is 10.9. The minimum atomic E-state index is -2.49. The van der Waals surface area contributed by atoms with Gasteiger partial charge in [-0.05, 0) is 20.3 Å². The van der Waals surface area contributed by atoms with Crippen molar-refractivity contribution in [3.63, 3.8) is 0 Å². The lowest BCUT2D eigenvalue weighted by Crippen LogP contribution is -2.50. The zero-order chi connectivity index (χ0) is 12.9. The maximum atomic E-state index is 11.7. The summed E-state index contributed by atoms with van der Waals surface area (Å²) in [5, 5.41) is 8.97. The third-order valence-electron chi connectivity index (χ3n) is 2.55. The first kappa shape index (κ1) is 14.5. The molecule has 0 saturated heterocycles. The molecule has 0 heterocycles. The van der Waals surface area contributed by atoms with Gasteiger partial charge in [-0.3, -0.25) is 19.2 Å². The molecule has 0 aliphatic carbocycles. The summed E-state index contributed by atoms with van der Waals surface area (Å²) < 4.78 is 0. The highest BCUT2D eigenvalue weighted by molar-refractivity contribution is 6.36. The van der Waals surface area contributed by atoms with Gasteiger partial charge in [-0.2, -0.15) is 0 Å². The van der Waals surface area contributed by atoms with Crippen molar-refractivity contribution in [1.29, 1.82) is 0 Å². The standard InChI is InChI=1S/C11H16O5/c1-4-5-6-9(14)11(7(2)12,8(3)13)10(15)16/h4-6H2,1-3H3,(H,15,16). The van der Waals surface area contributed by atoms with E-state index in [1.807, 2.05) is 6.92 Å². The second kappa shape index (κ2) is 5.53. The van der Waals surface area contributed by atoms with Gasteiger partial charge in [-0.25, -0.2) is 0 Å². The molecule has 0 bridgehead atoms. The minimum Gasteiger partial charge on any atom is -0.480 e. The molecule has 0 aromatic carbocycles. The fourth-order valence-corrected chi connectivity index (χ4v) is 1.59. The molecule has 5 nitrogen and oxygen atoms in total. The van der Waals surface area contributed by atoms with Crippen molar-refractivity contribution < 1.29 is 24.3 Å². The fourth-order valence-electron chi connectivity index (χ4n) is 1.59. The molecule has 0 rings (SSSR count). The molecule has 16 heavy (non-hydrogen) atoms. The minimum absolute atomic E-state index is 0.0675. The SMILES string of the molecule is CCCCC(=O)C(C(C)=O)(C(C)=O)C(=O)O. The number of rotatable bonds is 7. The lowest BCUT2D eigenvalue weighted by Gasteiger charge is -2.21. The molecule has 0 spiro atoms. The maximum absolute atomic E-state index is 11.7. The number of carbonyl (C=O) groups is 4. The second-order valence-corrected chi connectivity index (χ2v) is 3.69. The summed E-state index contributed by atoms with van der Waals surface area (Å²) in [6.45, 7) is 3.75. The van der Waals surface area contributed by atoms with Crippen LogP contribution in [0, 0.1) is 5.41 Å². The lowest BCUT2D eigenvalue weighted by atomic mass is 9.75. The van der Waals surface area contributed by atoms with Crippen molar-refractivity contribution in [2.24, 2.45) is 5.41 Å². The van der Waals surface area contributed by atoms with Gasteiger partial charge in [0, 0.05) is 6.42 Å². The van der Waals surface area contributed by atoms with Gasteiger partial charge >= 0.3 is 5.97 Å². The van der Waals surface area contributed by atoms with Gasteiger partial charge in [0.05, 0.1) is 0 Å². The topological polar surface area (TPSA) is 88.5 Å². The van der Waals surface area contributed by atoms with Gasteiger partial charge in [0.1, 0.15) is 0 Å². The summed E-state index contributed by atoms with van der Waals surface area (Å²) in [6, 6.07) is 0. The predicted molar refractivity (Wildman–Crippen MR) is 56.0 cm³/mol. The average Bonchev–Trinajstić information content (AvgIpc) is 2.13. The van der Waals surface area contributed by atoms with E-state index in [1.54, 1.807) is 0 Å². The van der Waals surface area contributed by atoms with E-state index in [0.29, 0.717) is 12.8 Å². The van der Waals surface area contributed by atoms with Crippen LogP contribution >= 0.6 is 0 Å². The van der Waals surface area contributed by atoms with E-state index in [4.69, 9.17) is 5.11 Å². The Kier molecular flexibility index (Phi) is 5.01. The van der Waals surface area contributed by atoms with Crippen molar-refractivity contribution in [1.82, 2.24) is 0 Å². The van der Waals surface area contributed by atoms with Gasteiger partial charge in [0.25, 0.3) is 0 Å². The molecular weight excluding hydrogens is 212 g/mol. The van der Waals surface area contributed by atoms with E-state index in [2.05, 4.69) is 0 Å². The number of unbranched alkanes of at least 4 members (excludes halogenated alkanes) is 1. The van der Waals surface area contributed by atoms with Gasteiger partial charge in [-0.15, -0.1) is 0 Å². The highest BCUT2D eigenvalue weighted by atomic mass is 16.4. The summed E-state index contributed by atoms with van der Waals surface area (Å²) in [4.78, 5) is 45.4. The summed E-state index contributed by atoms with van der Waals surface area (Å²) in [5.41, 5.74) is -2.49. The number of hydrogen-bond acceptors (Lipinski definition) is 4.